The topological polar surface area (TPSA) is 46.5 Å². The van der Waals surface area contributed by atoms with E-state index in [0.717, 1.165) is 15.6 Å². The standard InChI is InChI=1S/C22H18BrNO2S/c1-17-10-13-21(14-11-17)27(25,26)24-22(19-8-5-9-20(23)16-19)15-12-18-6-3-2-4-7-18/h2-16H,1H3/b15-12+,24-22-. The molecule has 0 saturated heterocycles. The average Bonchev–Trinajstić information content (AvgIpc) is 2.66. The lowest BCUT2D eigenvalue weighted by atomic mass is 10.1. The van der Waals surface area contributed by atoms with Gasteiger partial charge in [-0.2, -0.15) is 12.8 Å². The van der Waals surface area contributed by atoms with E-state index in [-0.39, 0.29) is 4.90 Å². The fraction of sp³-hybridized carbons (Fsp3) is 0.0455. The largest absolute Gasteiger partial charge is 0.282 e. The van der Waals surface area contributed by atoms with Gasteiger partial charge in [-0.25, -0.2) is 0 Å². The van der Waals surface area contributed by atoms with Crippen molar-refractivity contribution in [1.82, 2.24) is 0 Å². The second-order valence-electron chi connectivity index (χ2n) is 6.02. The van der Waals surface area contributed by atoms with Crippen molar-refractivity contribution in [1.29, 1.82) is 0 Å². The molecule has 136 valence electrons. The van der Waals surface area contributed by atoms with Crippen molar-refractivity contribution in [2.45, 2.75) is 11.8 Å². The molecule has 27 heavy (non-hydrogen) atoms. The molecule has 5 heteroatoms. The van der Waals surface area contributed by atoms with E-state index in [1.165, 1.54) is 0 Å². The van der Waals surface area contributed by atoms with Crippen molar-refractivity contribution in [2.75, 3.05) is 0 Å². The van der Waals surface area contributed by atoms with E-state index in [2.05, 4.69) is 20.3 Å². The van der Waals surface area contributed by atoms with Gasteiger partial charge in [0.1, 0.15) is 0 Å². The van der Waals surface area contributed by atoms with Crippen molar-refractivity contribution in [2.24, 2.45) is 4.40 Å². The summed E-state index contributed by atoms with van der Waals surface area (Å²) in [6.07, 6.45) is 3.58. The van der Waals surface area contributed by atoms with E-state index in [0.29, 0.717) is 11.3 Å². The highest BCUT2D eigenvalue weighted by atomic mass is 79.9. The fourth-order valence-electron chi connectivity index (χ4n) is 2.46. The Morgan fingerprint density at radius 1 is 0.926 bits per heavy atom. The van der Waals surface area contributed by atoms with E-state index in [9.17, 15) is 8.42 Å². The Kier molecular flexibility index (Phi) is 6.04. The first-order valence-electron chi connectivity index (χ1n) is 8.35. The van der Waals surface area contributed by atoms with Gasteiger partial charge in [0, 0.05) is 10.0 Å². The van der Waals surface area contributed by atoms with Crippen LogP contribution in [0.15, 0.2) is 98.7 Å². The van der Waals surface area contributed by atoms with Crippen LogP contribution in [0.3, 0.4) is 0 Å². The predicted octanol–water partition coefficient (Wildman–Crippen LogP) is 5.65. The highest BCUT2D eigenvalue weighted by Gasteiger charge is 2.14. The summed E-state index contributed by atoms with van der Waals surface area (Å²) in [4.78, 5) is 0.175. The van der Waals surface area contributed by atoms with Crippen LogP contribution in [0.1, 0.15) is 16.7 Å². The molecule has 3 aromatic rings. The minimum absolute atomic E-state index is 0.175. The predicted molar refractivity (Wildman–Crippen MR) is 115 cm³/mol. The fourth-order valence-corrected chi connectivity index (χ4v) is 3.87. The summed E-state index contributed by atoms with van der Waals surface area (Å²) >= 11 is 3.43. The number of rotatable bonds is 5. The Balaban J connectivity index is 2.07. The van der Waals surface area contributed by atoms with Crippen molar-refractivity contribution < 1.29 is 8.42 Å². The lowest BCUT2D eigenvalue weighted by Crippen LogP contribution is -2.04. The minimum Gasteiger partial charge on any atom is -0.199 e. The van der Waals surface area contributed by atoms with Crippen molar-refractivity contribution in [3.05, 3.63) is 106 Å². The van der Waals surface area contributed by atoms with Gasteiger partial charge in [-0.1, -0.05) is 82.2 Å². The quantitative estimate of drug-likeness (QED) is 0.482. The highest BCUT2D eigenvalue weighted by molar-refractivity contribution is 9.10. The lowest BCUT2D eigenvalue weighted by molar-refractivity contribution is 0.598. The zero-order valence-electron chi connectivity index (χ0n) is 14.7. The van der Waals surface area contributed by atoms with E-state index < -0.39 is 10.0 Å². The molecule has 0 bridgehead atoms. The van der Waals surface area contributed by atoms with Crippen LogP contribution in [0, 0.1) is 6.92 Å². The molecule has 3 nitrogen and oxygen atoms in total. The first-order chi connectivity index (χ1) is 12.9. The molecule has 0 aliphatic rings. The normalized spacial score (nSPS) is 12.4. The van der Waals surface area contributed by atoms with Crippen molar-refractivity contribution in [3.63, 3.8) is 0 Å². The van der Waals surface area contributed by atoms with Gasteiger partial charge in [0.25, 0.3) is 10.0 Å². The van der Waals surface area contributed by atoms with Crippen LogP contribution in [0.4, 0.5) is 0 Å². The van der Waals surface area contributed by atoms with Gasteiger partial charge >= 0.3 is 0 Å². The molecule has 3 aromatic carbocycles. The number of halogens is 1. The van der Waals surface area contributed by atoms with Crippen LogP contribution in [-0.2, 0) is 10.0 Å². The molecule has 0 saturated carbocycles. The second kappa shape index (κ2) is 8.46. The number of nitrogens with zero attached hydrogens (tertiary/aromatic N) is 1. The average molecular weight is 440 g/mol. The summed E-state index contributed by atoms with van der Waals surface area (Å²) in [6.45, 7) is 1.91. The number of benzene rings is 3. The summed E-state index contributed by atoms with van der Waals surface area (Å²) in [5, 5.41) is 0. The number of hydrogen-bond donors (Lipinski definition) is 0. The molecule has 0 spiro atoms. The maximum atomic E-state index is 12.8. The molecule has 0 radical (unpaired) electrons. The third-order valence-electron chi connectivity index (χ3n) is 3.89. The van der Waals surface area contributed by atoms with Crippen LogP contribution in [0.25, 0.3) is 6.08 Å². The lowest BCUT2D eigenvalue weighted by Gasteiger charge is -2.05. The van der Waals surface area contributed by atoms with E-state index in [4.69, 9.17) is 0 Å². The summed E-state index contributed by atoms with van der Waals surface area (Å²) < 4.78 is 30.6. The van der Waals surface area contributed by atoms with Crippen LogP contribution in [0.2, 0.25) is 0 Å². The Labute approximate surface area is 168 Å². The molecule has 0 fully saturated rings. The van der Waals surface area contributed by atoms with E-state index in [1.807, 2.05) is 67.6 Å². The monoisotopic (exact) mass is 439 g/mol. The van der Waals surface area contributed by atoms with E-state index >= 15 is 0 Å². The molecule has 0 atom stereocenters. The van der Waals surface area contributed by atoms with Gasteiger partial charge in [0.2, 0.25) is 0 Å². The highest BCUT2D eigenvalue weighted by Crippen LogP contribution is 2.18. The number of allylic oxidation sites excluding steroid dienone is 1. The molecule has 0 unspecified atom stereocenters. The molecular formula is C22H18BrNO2S. The zero-order valence-corrected chi connectivity index (χ0v) is 17.1. The molecular weight excluding hydrogens is 422 g/mol. The molecule has 0 aromatic heterocycles. The van der Waals surface area contributed by atoms with Crippen LogP contribution < -0.4 is 0 Å². The molecule has 0 heterocycles. The number of hydrogen-bond acceptors (Lipinski definition) is 2. The van der Waals surface area contributed by atoms with Gasteiger partial charge in [-0.3, -0.25) is 0 Å². The third-order valence-corrected chi connectivity index (χ3v) is 5.69. The Hall–Kier alpha value is -2.50. The maximum absolute atomic E-state index is 12.8. The van der Waals surface area contributed by atoms with Crippen molar-refractivity contribution in [3.8, 4) is 0 Å². The molecule has 0 aliphatic carbocycles. The van der Waals surface area contributed by atoms with Crippen LogP contribution >= 0.6 is 15.9 Å². The van der Waals surface area contributed by atoms with Gasteiger partial charge in [-0.15, -0.1) is 0 Å². The van der Waals surface area contributed by atoms with Gasteiger partial charge in [0.15, 0.2) is 0 Å². The Bertz CT molecular complexity index is 1090. The van der Waals surface area contributed by atoms with E-state index in [1.54, 1.807) is 30.3 Å². The second-order valence-corrected chi connectivity index (χ2v) is 8.54. The zero-order chi connectivity index (χ0) is 19.3. The first-order valence-corrected chi connectivity index (χ1v) is 10.6. The number of aryl methyl sites for hydroxylation is 1. The van der Waals surface area contributed by atoms with Gasteiger partial charge in [0.05, 0.1) is 10.6 Å². The SMILES string of the molecule is Cc1ccc(S(=O)(=O)/N=C(/C=C/c2ccccc2)c2cccc(Br)c2)cc1. The summed E-state index contributed by atoms with van der Waals surface area (Å²) in [5.41, 5.74) is 3.05. The molecule has 0 aliphatic heterocycles. The smallest absolute Gasteiger partial charge is 0.199 e. The Morgan fingerprint density at radius 2 is 1.63 bits per heavy atom. The maximum Gasteiger partial charge on any atom is 0.282 e. The van der Waals surface area contributed by atoms with Gasteiger partial charge in [-0.05, 0) is 42.8 Å². The Morgan fingerprint density at radius 3 is 2.30 bits per heavy atom. The molecule has 3 rings (SSSR count). The third kappa shape index (κ3) is 5.25. The summed E-state index contributed by atoms with van der Waals surface area (Å²) in [6, 6.07) is 23.8. The van der Waals surface area contributed by atoms with Crippen LogP contribution in [-0.4, -0.2) is 14.1 Å². The summed E-state index contributed by atoms with van der Waals surface area (Å²) in [7, 11) is -3.82. The molecule has 0 amide bonds. The minimum atomic E-state index is -3.82. The summed E-state index contributed by atoms with van der Waals surface area (Å²) in [5.74, 6) is 0. The van der Waals surface area contributed by atoms with Crippen LogP contribution in [0.5, 0.6) is 0 Å². The van der Waals surface area contributed by atoms with Crippen molar-refractivity contribution >= 4 is 37.7 Å². The first kappa shape index (κ1) is 19.3. The molecule has 0 N–H and O–H groups in total. The number of sulfonamides is 1. The van der Waals surface area contributed by atoms with Gasteiger partial charge < -0.3 is 0 Å².